The predicted molar refractivity (Wildman–Crippen MR) is 70.9 cm³/mol. The zero-order valence-corrected chi connectivity index (χ0v) is 11.4. The molecular weight excluding hydrogens is 231 g/mol. The number of nitrogens with two attached hydrogens (primary N) is 1. The number of halogens is 1. The fourth-order valence-corrected chi connectivity index (χ4v) is 1.58. The van der Waals surface area contributed by atoms with Crippen LogP contribution >= 0.6 is 0 Å². The van der Waals surface area contributed by atoms with E-state index in [4.69, 9.17) is 5.73 Å². The molecule has 0 saturated heterocycles. The Labute approximate surface area is 108 Å². The number of aryl methyl sites for hydroxylation is 1. The van der Waals surface area contributed by atoms with Crippen LogP contribution in [0.5, 0.6) is 0 Å². The van der Waals surface area contributed by atoms with Gasteiger partial charge in [-0.3, -0.25) is 4.79 Å². The highest BCUT2D eigenvalue weighted by Crippen LogP contribution is 2.17. The molecule has 0 aliphatic heterocycles. The van der Waals surface area contributed by atoms with Gasteiger partial charge in [0.15, 0.2) is 0 Å². The summed E-state index contributed by atoms with van der Waals surface area (Å²) in [5.74, 6) is -0.727. The van der Waals surface area contributed by atoms with Gasteiger partial charge in [0.05, 0.1) is 11.1 Å². The highest BCUT2D eigenvalue weighted by Gasteiger charge is 2.29. The van der Waals surface area contributed by atoms with Crippen molar-refractivity contribution >= 4 is 5.91 Å². The van der Waals surface area contributed by atoms with Crippen LogP contribution in [-0.4, -0.2) is 18.0 Å². The number of carbonyl (C=O) groups is 1. The summed E-state index contributed by atoms with van der Waals surface area (Å²) in [4.78, 5) is 12.1. The average Bonchev–Trinajstić information content (AvgIpc) is 2.32. The standard InChI is InChI=1S/C14H21FN2O/c1-9(2)14(4,8-16)17-13(18)11-7-5-6-10(3)12(11)15/h5-7,9H,8,16H2,1-4H3,(H,17,18). The fourth-order valence-electron chi connectivity index (χ4n) is 1.58. The van der Waals surface area contributed by atoms with E-state index < -0.39 is 17.3 Å². The molecule has 1 amide bonds. The van der Waals surface area contributed by atoms with E-state index in [1.807, 2.05) is 20.8 Å². The molecule has 0 bridgehead atoms. The smallest absolute Gasteiger partial charge is 0.254 e. The molecule has 0 aromatic heterocycles. The fraction of sp³-hybridized carbons (Fsp3) is 0.500. The highest BCUT2D eigenvalue weighted by atomic mass is 19.1. The van der Waals surface area contributed by atoms with Crippen LogP contribution < -0.4 is 11.1 Å². The van der Waals surface area contributed by atoms with E-state index >= 15 is 0 Å². The monoisotopic (exact) mass is 252 g/mol. The molecular formula is C14H21FN2O. The number of carbonyl (C=O) groups excluding carboxylic acids is 1. The molecule has 1 unspecified atom stereocenters. The maximum atomic E-state index is 13.8. The van der Waals surface area contributed by atoms with E-state index in [1.54, 1.807) is 19.1 Å². The first-order valence-corrected chi connectivity index (χ1v) is 6.09. The summed E-state index contributed by atoms with van der Waals surface area (Å²) < 4.78 is 13.8. The minimum Gasteiger partial charge on any atom is -0.345 e. The molecule has 0 saturated carbocycles. The van der Waals surface area contributed by atoms with Crippen molar-refractivity contribution in [1.82, 2.24) is 5.32 Å². The first-order valence-electron chi connectivity index (χ1n) is 6.09. The zero-order valence-electron chi connectivity index (χ0n) is 11.4. The van der Waals surface area contributed by atoms with Crippen molar-refractivity contribution in [3.05, 3.63) is 35.1 Å². The Kier molecular flexibility index (Phi) is 4.46. The minimum atomic E-state index is -0.534. The Hall–Kier alpha value is -1.42. The van der Waals surface area contributed by atoms with Crippen molar-refractivity contribution in [3.8, 4) is 0 Å². The number of rotatable bonds is 4. The Morgan fingerprint density at radius 3 is 2.61 bits per heavy atom. The molecule has 0 aliphatic carbocycles. The SMILES string of the molecule is Cc1cccc(C(=O)NC(C)(CN)C(C)C)c1F. The molecule has 100 valence electrons. The third kappa shape index (κ3) is 2.88. The molecule has 0 radical (unpaired) electrons. The van der Waals surface area contributed by atoms with Crippen molar-refractivity contribution in [2.75, 3.05) is 6.54 Å². The van der Waals surface area contributed by atoms with Crippen LogP contribution in [0.4, 0.5) is 4.39 Å². The quantitative estimate of drug-likeness (QED) is 0.863. The molecule has 3 nitrogen and oxygen atoms in total. The summed E-state index contributed by atoms with van der Waals surface area (Å²) in [6.07, 6.45) is 0. The zero-order chi connectivity index (χ0) is 13.9. The summed E-state index contributed by atoms with van der Waals surface area (Å²) in [6, 6.07) is 4.79. The van der Waals surface area contributed by atoms with Gasteiger partial charge in [-0.2, -0.15) is 0 Å². The Morgan fingerprint density at radius 2 is 2.11 bits per heavy atom. The summed E-state index contributed by atoms with van der Waals surface area (Å²) in [7, 11) is 0. The second-order valence-electron chi connectivity index (χ2n) is 5.17. The lowest BCUT2D eigenvalue weighted by Gasteiger charge is -2.33. The maximum Gasteiger partial charge on any atom is 0.254 e. The largest absolute Gasteiger partial charge is 0.345 e. The topological polar surface area (TPSA) is 55.1 Å². The average molecular weight is 252 g/mol. The van der Waals surface area contributed by atoms with Gasteiger partial charge in [0, 0.05) is 6.54 Å². The van der Waals surface area contributed by atoms with Crippen LogP contribution in [0.2, 0.25) is 0 Å². The Morgan fingerprint density at radius 1 is 1.50 bits per heavy atom. The molecule has 1 aromatic carbocycles. The van der Waals surface area contributed by atoms with E-state index in [2.05, 4.69) is 5.32 Å². The second kappa shape index (κ2) is 5.48. The molecule has 0 spiro atoms. The van der Waals surface area contributed by atoms with Gasteiger partial charge in [0.25, 0.3) is 5.91 Å². The molecule has 0 fully saturated rings. The van der Waals surface area contributed by atoms with E-state index in [1.165, 1.54) is 6.07 Å². The minimum absolute atomic E-state index is 0.0651. The van der Waals surface area contributed by atoms with E-state index in [-0.39, 0.29) is 11.5 Å². The molecule has 0 aliphatic rings. The van der Waals surface area contributed by atoms with Gasteiger partial charge in [0.1, 0.15) is 5.82 Å². The molecule has 18 heavy (non-hydrogen) atoms. The maximum absolute atomic E-state index is 13.8. The van der Waals surface area contributed by atoms with Crippen LogP contribution in [0.15, 0.2) is 18.2 Å². The van der Waals surface area contributed by atoms with Crippen LogP contribution in [0.25, 0.3) is 0 Å². The van der Waals surface area contributed by atoms with E-state index in [0.29, 0.717) is 12.1 Å². The van der Waals surface area contributed by atoms with Crippen LogP contribution in [0.3, 0.4) is 0 Å². The van der Waals surface area contributed by atoms with Gasteiger partial charge in [-0.15, -0.1) is 0 Å². The van der Waals surface area contributed by atoms with Gasteiger partial charge >= 0.3 is 0 Å². The summed E-state index contributed by atoms with van der Waals surface area (Å²) in [6.45, 7) is 7.75. The number of amides is 1. The second-order valence-corrected chi connectivity index (χ2v) is 5.17. The van der Waals surface area contributed by atoms with E-state index in [9.17, 15) is 9.18 Å². The Bertz CT molecular complexity index is 445. The number of benzene rings is 1. The van der Waals surface area contributed by atoms with Crippen molar-refractivity contribution in [3.63, 3.8) is 0 Å². The number of hydrogen-bond acceptors (Lipinski definition) is 2. The molecule has 1 atom stereocenters. The first-order chi connectivity index (χ1) is 8.31. The normalized spacial score (nSPS) is 14.4. The first kappa shape index (κ1) is 14.6. The summed E-state index contributed by atoms with van der Waals surface area (Å²) in [5, 5.41) is 2.82. The summed E-state index contributed by atoms with van der Waals surface area (Å²) in [5.41, 5.74) is 5.68. The van der Waals surface area contributed by atoms with Gasteiger partial charge < -0.3 is 11.1 Å². The van der Waals surface area contributed by atoms with Crippen molar-refractivity contribution < 1.29 is 9.18 Å². The number of hydrogen-bond donors (Lipinski definition) is 2. The van der Waals surface area contributed by atoms with Crippen molar-refractivity contribution in [2.24, 2.45) is 11.7 Å². The molecule has 4 heteroatoms. The van der Waals surface area contributed by atoms with Gasteiger partial charge in [-0.05, 0) is 31.4 Å². The van der Waals surface area contributed by atoms with Crippen molar-refractivity contribution in [1.29, 1.82) is 0 Å². The van der Waals surface area contributed by atoms with E-state index in [0.717, 1.165) is 0 Å². The van der Waals surface area contributed by atoms with Crippen LogP contribution in [-0.2, 0) is 0 Å². The highest BCUT2D eigenvalue weighted by molar-refractivity contribution is 5.95. The third-order valence-electron chi connectivity index (χ3n) is 3.53. The lowest BCUT2D eigenvalue weighted by Crippen LogP contribution is -2.55. The predicted octanol–water partition coefficient (Wildman–Crippen LogP) is 2.24. The lowest BCUT2D eigenvalue weighted by molar-refractivity contribution is 0.0879. The molecule has 0 heterocycles. The van der Waals surface area contributed by atoms with Gasteiger partial charge in [-0.1, -0.05) is 26.0 Å². The summed E-state index contributed by atoms with van der Waals surface area (Å²) >= 11 is 0. The lowest BCUT2D eigenvalue weighted by atomic mass is 9.88. The molecule has 3 N–H and O–H groups in total. The Balaban J connectivity index is 2.99. The van der Waals surface area contributed by atoms with Gasteiger partial charge in [0.2, 0.25) is 0 Å². The third-order valence-corrected chi connectivity index (χ3v) is 3.53. The van der Waals surface area contributed by atoms with Crippen molar-refractivity contribution in [2.45, 2.75) is 33.2 Å². The molecule has 1 aromatic rings. The van der Waals surface area contributed by atoms with Crippen LogP contribution in [0, 0.1) is 18.7 Å². The molecule has 1 rings (SSSR count). The van der Waals surface area contributed by atoms with Crippen LogP contribution in [0.1, 0.15) is 36.7 Å². The number of nitrogens with one attached hydrogen (secondary N) is 1. The van der Waals surface area contributed by atoms with Gasteiger partial charge in [-0.25, -0.2) is 4.39 Å².